The molecule has 6 nitrogen and oxygen atoms in total. The number of alkyl halides is 3. The Kier molecular flexibility index (Phi) is 6.90. The third-order valence-electron chi connectivity index (χ3n) is 5.99. The Bertz CT molecular complexity index is 1660. The number of hydrogen-bond acceptors (Lipinski definition) is 4. The number of halogens is 5. The second-order valence-electron chi connectivity index (χ2n) is 8.65. The van der Waals surface area contributed by atoms with E-state index in [4.69, 9.17) is 23.2 Å². The number of hydrogen-bond donors (Lipinski definition) is 1. The highest BCUT2D eigenvalue weighted by Crippen LogP contribution is 2.39. The molecule has 0 aliphatic heterocycles. The van der Waals surface area contributed by atoms with Gasteiger partial charge in [0.05, 0.1) is 13.0 Å². The number of benzene rings is 3. The highest BCUT2D eigenvalue weighted by molar-refractivity contribution is 6.31. The van der Waals surface area contributed by atoms with E-state index in [0.717, 1.165) is 11.1 Å². The highest BCUT2D eigenvalue weighted by atomic mass is 35.5. The Morgan fingerprint density at radius 3 is 1.84 bits per heavy atom. The van der Waals surface area contributed by atoms with Crippen LogP contribution in [0.5, 0.6) is 0 Å². The van der Waals surface area contributed by atoms with Crippen LogP contribution in [0.1, 0.15) is 11.1 Å². The maximum absolute atomic E-state index is 13.4. The first-order valence-electron chi connectivity index (χ1n) is 11.5. The lowest BCUT2D eigenvalue weighted by molar-refractivity contribution is -0.127. The summed E-state index contributed by atoms with van der Waals surface area (Å²) in [6, 6.07) is 20.3. The topological polar surface area (TPSA) is 64.2 Å². The molecule has 2 aromatic heterocycles. The van der Waals surface area contributed by atoms with Crippen LogP contribution in [0.4, 0.5) is 19.0 Å². The molecule has 3 aromatic carbocycles. The molecule has 194 valence electrons. The van der Waals surface area contributed by atoms with Crippen molar-refractivity contribution in [3.63, 3.8) is 0 Å². The Labute approximate surface area is 225 Å². The number of anilines is 1. The van der Waals surface area contributed by atoms with Gasteiger partial charge in [0.25, 0.3) is 0 Å². The van der Waals surface area contributed by atoms with Gasteiger partial charge in [-0.25, -0.2) is 9.48 Å². The molecule has 0 atom stereocenters. The lowest BCUT2D eigenvalue weighted by atomic mass is 9.96. The van der Waals surface area contributed by atoms with Crippen molar-refractivity contribution in [2.45, 2.75) is 19.1 Å². The zero-order valence-corrected chi connectivity index (χ0v) is 21.4. The molecule has 38 heavy (non-hydrogen) atoms. The van der Waals surface area contributed by atoms with E-state index in [9.17, 15) is 18.0 Å². The Morgan fingerprint density at radius 2 is 1.32 bits per heavy atom. The maximum atomic E-state index is 13.4. The first-order valence-corrected chi connectivity index (χ1v) is 12.3. The minimum atomic E-state index is -4.30. The summed E-state index contributed by atoms with van der Waals surface area (Å²) in [6.45, 7) is 0.0553. The van der Waals surface area contributed by atoms with Crippen molar-refractivity contribution in [2.75, 3.05) is 12.4 Å². The third-order valence-corrected chi connectivity index (χ3v) is 6.49. The molecule has 0 radical (unpaired) electrons. The fraction of sp³-hybridized carbons (Fsp3) is 0.148. The molecule has 0 amide bonds. The predicted molar refractivity (Wildman–Crippen MR) is 143 cm³/mol. The van der Waals surface area contributed by atoms with Crippen molar-refractivity contribution in [3.8, 4) is 22.3 Å². The first kappa shape index (κ1) is 25.8. The molecule has 0 aliphatic rings. The van der Waals surface area contributed by atoms with E-state index in [1.807, 2.05) is 24.3 Å². The molecule has 11 heteroatoms. The van der Waals surface area contributed by atoms with Gasteiger partial charge < -0.3 is 5.32 Å². The first-order chi connectivity index (χ1) is 18.1. The largest absolute Gasteiger partial charge is 0.393 e. The molecule has 1 N–H and O–H groups in total. The Balaban J connectivity index is 1.67. The van der Waals surface area contributed by atoms with E-state index in [2.05, 4.69) is 15.5 Å². The fourth-order valence-corrected chi connectivity index (χ4v) is 4.51. The Morgan fingerprint density at radius 1 is 0.789 bits per heavy atom. The molecule has 5 rings (SSSR count). The lowest BCUT2D eigenvalue weighted by Crippen LogP contribution is -2.23. The minimum Gasteiger partial charge on any atom is -0.371 e. The SMILES string of the molecule is CNc1nn2c(=O)n(Cc3ccc(CC(F)(F)F)cc3)nc2c(-c2ccc(Cl)cc2)c1-c1ccc(Cl)cc1. The van der Waals surface area contributed by atoms with E-state index in [1.165, 1.54) is 21.3 Å². The molecule has 0 fully saturated rings. The van der Waals surface area contributed by atoms with Gasteiger partial charge in [0.1, 0.15) is 0 Å². The lowest BCUT2D eigenvalue weighted by Gasteiger charge is -2.15. The van der Waals surface area contributed by atoms with Gasteiger partial charge in [-0.2, -0.15) is 17.7 Å². The standard InChI is InChI=1S/C27H20Cl2F3N5O/c1-33-24-22(18-6-10-20(28)11-7-18)23(19-8-12-21(29)13-9-19)25-35-36(26(38)37(25)34-24)15-17-4-2-16(3-5-17)14-27(30,31)32/h2-13H,14-15H2,1H3,(H,33,34). The van der Waals surface area contributed by atoms with Crippen LogP contribution in [-0.4, -0.2) is 32.6 Å². The summed E-state index contributed by atoms with van der Waals surface area (Å²) >= 11 is 12.3. The molecule has 0 saturated heterocycles. The zero-order valence-electron chi connectivity index (χ0n) is 19.9. The summed E-state index contributed by atoms with van der Waals surface area (Å²) in [6.07, 6.45) is -5.31. The molecule has 0 aliphatic carbocycles. The molecule has 2 heterocycles. The normalized spacial score (nSPS) is 11.7. The summed E-state index contributed by atoms with van der Waals surface area (Å²) in [4.78, 5) is 13.4. The van der Waals surface area contributed by atoms with E-state index < -0.39 is 18.3 Å². The number of aromatic nitrogens is 4. The second kappa shape index (κ2) is 10.2. The molecule has 5 aromatic rings. The summed E-state index contributed by atoms with van der Waals surface area (Å²) in [5.74, 6) is 0.447. The smallest absolute Gasteiger partial charge is 0.371 e. The summed E-state index contributed by atoms with van der Waals surface area (Å²) in [7, 11) is 1.71. The monoisotopic (exact) mass is 557 g/mol. The van der Waals surface area contributed by atoms with Gasteiger partial charge in [-0.3, -0.25) is 0 Å². The van der Waals surface area contributed by atoms with Crippen LogP contribution in [0.2, 0.25) is 10.0 Å². The molecular weight excluding hydrogens is 538 g/mol. The molecule has 0 saturated carbocycles. The molecular formula is C27H20Cl2F3N5O. The molecule has 0 spiro atoms. The van der Waals surface area contributed by atoms with Crippen molar-refractivity contribution in [2.24, 2.45) is 0 Å². The summed E-state index contributed by atoms with van der Waals surface area (Å²) in [5, 5.41) is 13.3. The quantitative estimate of drug-likeness (QED) is 0.251. The van der Waals surface area contributed by atoms with Gasteiger partial charge >= 0.3 is 11.9 Å². The van der Waals surface area contributed by atoms with Gasteiger partial charge in [-0.1, -0.05) is 71.7 Å². The maximum Gasteiger partial charge on any atom is 0.393 e. The van der Waals surface area contributed by atoms with E-state index >= 15 is 0 Å². The Hall–Kier alpha value is -3.82. The van der Waals surface area contributed by atoms with Gasteiger partial charge in [-0.15, -0.1) is 10.2 Å². The second-order valence-corrected chi connectivity index (χ2v) is 9.52. The zero-order chi connectivity index (χ0) is 27.0. The third kappa shape index (κ3) is 5.25. The van der Waals surface area contributed by atoms with Crippen LogP contribution in [0.25, 0.3) is 27.9 Å². The van der Waals surface area contributed by atoms with Gasteiger partial charge in [0.15, 0.2) is 11.5 Å². The van der Waals surface area contributed by atoms with Gasteiger partial charge in [0.2, 0.25) is 0 Å². The van der Waals surface area contributed by atoms with Gasteiger partial charge in [0, 0.05) is 28.2 Å². The van der Waals surface area contributed by atoms with E-state index in [1.54, 1.807) is 43.4 Å². The van der Waals surface area contributed by atoms with Crippen LogP contribution in [0, 0.1) is 0 Å². The van der Waals surface area contributed by atoms with Crippen LogP contribution >= 0.6 is 23.2 Å². The average Bonchev–Trinajstić information content (AvgIpc) is 3.19. The molecule has 0 unspecified atom stereocenters. The number of nitrogens with zero attached hydrogens (tertiary/aromatic N) is 4. The number of fused-ring (bicyclic) bond motifs is 1. The average molecular weight is 558 g/mol. The van der Waals surface area contributed by atoms with Crippen molar-refractivity contribution in [1.29, 1.82) is 0 Å². The fourth-order valence-electron chi connectivity index (χ4n) is 4.26. The van der Waals surface area contributed by atoms with Crippen LogP contribution in [0.15, 0.2) is 77.6 Å². The van der Waals surface area contributed by atoms with E-state index in [0.29, 0.717) is 38.2 Å². The van der Waals surface area contributed by atoms with Crippen molar-refractivity contribution in [1.82, 2.24) is 19.4 Å². The van der Waals surface area contributed by atoms with Crippen LogP contribution < -0.4 is 11.0 Å². The highest BCUT2D eigenvalue weighted by Gasteiger charge is 2.27. The summed E-state index contributed by atoms with van der Waals surface area (Å²) < 4.78 is 40.6. The van der Waals surface area contributed by atoms with E-state index in [-0.39, 0.29) is 12.1 Å². The minimum absolute atomic E-state index is 0.0553. The van der Waals surface area contributed by atoms with Crippen LogP contribution in [-0.2, 0) is 13.0 Å². The molecule has 0 bridgehead atoms. The predicted octanol–water partition coefficient (Wildman–Crippen LogP) is 6.73. The van der Waals surface area contributed by atoms with Crippen molar-refractivity contribution < 1.29 is 13.2 Å². The van der Waals surface area contributed by atoms with Crippen LogP contribution in [0.3, 0.4) is 0 Å². The van der Waals surface area contributed by atoms with Crippen molar-refractivity contribution >= 4 is 34.7 Å². The summed E-state index contributed by atoms with van der Waals surface area (Å²) in [5.41, 5.74) is 3.52. The number of nitrogens with one attached hydrogen (secondary N) is 1. The van der Waals surface area contributed by atoms with Gasteiger partial charge in [-0.05, 0) is 46.5 Å². The number of rotatable bonds is 6. The van der Waals surface area contributed by atoms with Crippen molar-refractivity contribution in [3.05, 3.63) is 104 Å².